The Morgan fingerprint density at radius 3 is 2.85 bits per heavy atom. The molecular formula is C15H16N2O3. The van der Waals surface area contributed by atoms with Crippen LogP contribution < -0.4 is 0 Å². The number of amides is 1. The van der Waals surface area contributed by atoms with Crippen molar-refractivity contribution in [3.05, 3.63) is 53.4 Å². The van der Waals surface area contributed by atoms with Gasteiger partial charge in [0.05, 0.1) is 19.3 Å². The van der Waals surface area contributed by atoms with Crippen LogP contribution in [0.3, 0.4) is 0 Å². The van der Waals surface area contributed by atoms with Crippen molar-refractivity contribution < 1.29 is 14.1 Å². The normalized spacial score (nSPS) is 19.1. The van der Waals surface area contributed by atoms with Crippen LogP contribution in [0.4, 0.5) is 0 Å². The zero-order valence-electron chi connectivity index (χ0n) is 11.3. The van der Waals surface area contributed by atoms with Gasteiger partial charge in [-0.1, -0.05) is 35.5 Å². The van der Waals surface area contributed by atoms with Crippen molar-refractivity contribution in [2.45, 2.75) is 13.0 Å². The Bertz CT molecular complexity index is 594. The van der Waals surface area contributed by atoms with Crippen LogP contribution in [0.25, 0.3) is 0 Å². The van der Waals surface area contributed by atoms with Crippen molar-refractivity contribution in [2.75, 3.05) is 19.7 Å². The van der Waals surface area contributed by atoms with Gasteiger partial charge in [-0.3, -0.25) is 4.79 Å². The summed E-state index contributed by atoms with van der Waals surface area (Å²) in [4.78, 5) is 14.2. The summed E-state index contributed by atoms with van der Waals surface area (Å²) in [5.74, 6) is 0.505. The molecule has 5 heteroatoms. The molecule has 1 saturated heterocycles. The van der Waals surface area contributed by atoms with Crippen LogP contribution in [0.5, 0.6) is 0 Å². The number of aryl methyl sites for hydroxylation is 1. The third-order valence-electron chi connectivity index (χ3n) is 3.51. The van der Waals surface area contributed by atoms with Crippen molar-refractivity contribution in [3.63, 3.8) is 0 Å². The van der Waals surface area contributed by atoms with E-state index in [4.69, 9.17) is 9.26 Å². The van der Waals surface area contributed by atoms with Gasteiger partial charge in [-0.15, -0.1) is 0 Å². The Morgan fingerprint density at radius 1 is 1.35 bits per heavy atom. The van der Waals surface area contributed by atoms with Crippen molar-refractivity contribution in [1.82, 2.24) is 10.1 Å². The molecule has 2 aromatic rings. The standard InChI is InChI=1S/C15H16N2O3/c1-11-13(9-16-20-11)15(18)17-7-8-19-14(10-17)12-5-3-2-4-6-12/h2-6,9,14H,7-8,10H2,1H3/t14-/m0/s1. The number of aromatic nitrogens is 1. The maximum absolute atomic E-state index is 12.4. The van der Waals surface area contributed by atoms with E-state index in [0.717, 1.165) is 5.56 Å². The van der Waals surface area contributed by atoms with E-state index < -0.39 is 0 Å². The lowest BCUT2D eigenvalue weighted by atomic mass is 10.1. The number of ether oxygens (including phenoxy) is 1. The highest BCUT2D eigenvalue weighted by molar-refractivity contribution is 5.94. The first-order valence-corrected chi connectivity index (χ1v) is 6.63. The summed E-state index contributed by atoms with van der Waals surface area (Å²) in [7, 11) is 0. The lowest BCUT2D eigenvalue weighted by Gasteiger charge is -2.33. The largest absolute Gasteiger partial charge is 0.370 e. The predicted molar refractivity (Wildman–Crippen MR) is 72.3 cm³/mol. The van der Waals surface area contributed by atoms with Crippen LogP contribution in [0, 0.1) is 6.92 Å². The second kappa shape index (κ2) is 5.46. The number of nitrogens with zero attached hydrogens (tertiary/aromatic N) is 2. The molecule has 5 nitrogen and oxygen atoms in total. The zero-order valence-corrected chi connectivity index (χ0v) is 11.3. The van der Waals surface area contributed by atoms with Gasteiger partial charge in [0.25, 0.3) is 5.91 Å². The van der Waals surface area contributed by atoms with Crippen LogP contribution in [0.2, 0.25) is 0 Å². The fourth-order valence-corrected chi connectivity index (χ4v) is 2.38. The molecular weight excluding hydrogens is 256 g/mol. The number of carbonyl (C=O) groups is 1. The van der Waals surface area contributed by atoms with Crippen LogP contribution >= 0.6 is 0 Å². The Hall–Kier alpha value is -2.14. The van der Waals surface area contributed by atoms with Crippen LogP contribution in [0.1, 0.15) is 27.8 Å². The predicted octanol–water partition coefficient (Wildman–Crippen LogP) is 2.20. The molecule has 20 heavy (non-hydrogen) atoms. The molecule has 1 aromatic heterocycles. The molecule has 1 aromatic carbocycles. The van der Waals surface area contributed by atoms with Gasteiger partial charge in [-0.05, 0) is 12.5 Å². The number of benzene rings is 1. The van der Waals surface area contributed by atoms with Crippen molar-refractivity contribution in [3.8, 4) is 0 Å². The summed E-state index contributed by atoms with van der Waals surface area (Å²) in [6.45, 7) is 3.42. The lowest BCUT2D eigenvalue weighted by Crippen LogP contribution is -2.42. The molecule has 3 rings (SSSR count). The number of hydrogen-bond acceptors (Lipinski definition) is 4. The maximum atomic E-state index is 12.4. The van der Waals surface area contributed by atoms with Gasteiger partial charge in [0.1, 0.15) is 17.4 Å². The quantitative estimate of drug-likeness (QED) is 0.841. The molecule has 1 aliphatic heterocycles. The molecule has 1 fully saturated rings. The van der Waals surface area contributed by atoms with Gasteiger partial charge in [0.2, 0.25) is 0 Å². The summed E-state index contributed by atoms with van der Waals surface area (Å²) in [6, 6.07) is 9.95. The molecule has 104 valence electrons. The average molecular weight is 272 g/mol. The Kier molecular flexibility index (Phi) is 3.52. The Labute approximate surface area is 117 Å². The number of rotatable bonds is 2. The summed E-state index contributed by atoms with van der Waals surface area (Å²) < 4.78 is 10.7. The monoisotopic (exact) mass is 272 g/mol. The molecule has 2 heterocycles. The number of morpholine rings is 1. The second-order valence-electron chi connectivity index (χ2n) is 4.82. The smallest absolute Gasteiger partial charge is 0.259 e. The van der Waals surface area contributed by atoms with Gasteiger partial charge in [0, 0.05) is 6.54 Å². The second-order valence-corrected chi connectivity index (χ2v) is 4.82. The third kappa shape index (κ3) is 2.44. The molecule has 0 spiro atoms. The number of carbonyl (C=O) groups excluding carboxylic acids is 1. The van der Waals surface area contributed by atoms with E-state index in [0.29, 0.717) is 31.0 Å². The van der Waals surface area contributed by atoms with Crippen LogP contribution in [-0.4, -0.2) is 35.7 Å². The highest BCUT2D eigenvalue weighted by Gasteiger charge is 2.27. The molecule has 0 unspecified atom stereocenters. The highest BCUT2D eigenvalue weighted by Crippen LogP contribution is 2.23. The molecule has 0 N–H and O–H groups in total. The molecule has 1 aliphatic rings. The molecule has 1 atom stereocenters. The topological polar surface area (TPSA) is 55.6 Å². The van der Waals surface area contributed by atoms with Gasteiger partial charge in [0.15, 0.2) is 0 Å². The van der Waals surface area contributed by atoms with Crippen LogP contribution in [0.15, 0.2) is 41.1 Å². The van der Waals surface area contributed by atoms with Crippen molar-refractivity contribution in [2.24, 2.45) is 0 Å². The summed E-state index contributed by atoms with van der Waals surface area (Å²) in [5.41, 5.74) is 1.62. The fraction of sp³-hybridized carbons (Fsp3) is 0.333. The summed E-state index contributed by atoms with van der Waals surface area (Å²) in [5, 5.41) is 3.66. The molecule has 0 radical (unpaired) electrons. The zero-order chi connectivity index (χ0) is 13.9. The Balaban J connectivity index is 1.76. The third-order valence-corrected chi connectivity index (χ3v) is 3.51. The highest BCUT2D eigenvalue weighted by atomic mass is 16.5. The van der Waals surface area contributed by atoms with E-state index >= 15 is 0 Å². The maximum Gasteiger partial charge on any atom is 0.259 e. The number of hydrogen-bond donors (Lipinski definition) is 0. The van der Waals surface area contributed by atoms with Gasteiger partial charge in [-0.2, -0.15) is 0 Å². The van der Waals surface area contributed by atoms with E-state index in [1.165, 1.54) is 6.20 Å². The van der Waals surface area contributed by atoms with Crippen molar-refractivity contribution in [1.29, 1.82) is 0 Å². The van der Waals surface area contributed by atoms with Crippen LogP contribution in [-0.2, 0) is 4.74 Å². The lowest BCUT2D eigenvalue weighted by molar-refractivity contribution is -0.0228. The van der Waals surface area contributed by atoms with E-state index in [2.05, 4.69) is 5.16 Å². The minimum Gasteiger partial charge on any atom is -0.370 e. The first-order valence-electron chi connectivity index (χ1n) is 6.63. The first kappa shape index (κ1) is 12.9. The summed E-state index contributed by atoms with van der Waals surface area (Å²) in [6.07, 6.45) is 1.40. The van der Waals surface area contributed by atoms with Crippen molar-refractivity contribution >= 4 is 5.91 Å². The summed E-state index contributed by atoms with van der Waals surface area (Å²) >= 11 is 0. The van der Waals surface area contributed by atoms with Gasteiger partial charge < -0.3 is 14.2 Å². The van der Waals surface area contributed by atoms with E-state index in [1.54, 1.807) is 11.8 Å². The SMILES string of the molecule is Cc1oncc1C(=O)N1CCO[C@H](c2ccccc2)C1. The van der Waals surface area contributed by atoms with E-state index in [9.17, 15) is 4.79 Å². The minimum atomic E-state index is -0.0749. The van der Waals surface area contributed by atoms with E-state index in [-0.39, 0.29) is 12.0 Å². The van der Waals surface area contributed by atoms with Gasteiger partial charge >= 0.3 is 0 Å². The fourth-order valence-electron chi connectivity index (χ4n) is 2.38. The first-order chi connectivity index (χ1) is 9.75. The Morgan fingerprint density at radius 2 is 2.15 bits per heavy atom. The van der Waals surface area contributed by atoms with Gasteiger partial charge in [-0.25, -0.2) is 0 Å². The van der Waals surface area contributed by atoms with E-state index in [1.807, 2.05) is 30.3 Å². The minimum absolute atomic E-state index is 0.0482. The molecule has 0 aliphatic carbocycles. The molecule has 0 saturated carbocycles. The molecule has 1 amide bonds. The molecule has 0 bridgehead atoms. The average Bonchev–Trinajstić information content (AvgIpc) is 2.94.